The number of rotatable bonds is 6. The monoisotopic (exact) mass is 348 g/mol. The number of nitrogens with zero attached hydrogens (tertiary/aromatic N) is 4. The number of benzene rings is 1. The van der Waals surface area contributed by atoms with Crippen LogP contribution in [-0.4, -0.2) is 44.1 Å². The zero-order valence-electron chi connectivity index (χ0n) is 10.8. The lowest BCUT2D eigenvalue weighted by molar-refractivity contribution is 0.0696. The highest BCUT2D eigenvalue weighted by molar-refractivity contribution is 7.98. The maximum absolute atomic E-state index is 11.0. The number of carbonyl (C=O) groups is 1. The molecule has 7 nitrogen and oxygen atoms in total. The molecule has 10 heteroatoms. The van der Waals surface area contributed by atoms with E-state index in [0.29, 0.717) is 11.7 Å². The van der Waals surface area contributed by atoms with Gasteiger partial charge in [-0.15, -0.1) is 10.2 Å². The Balaban J connectivity index is 2.06. The van der Waals surface area contributed by atoms with Crippen molar-refractivity contribution < 1.29 is 14.6 Å². The van der Waals surface area contributed by atoms with Crippen molar-refractivity contribution in [2.24, 2.45) is 0 Å². The molecule has 1 aromatic heterocycles. The third-order valence-electron chi connectivity index (χ3n) is 2.43. The van der Waals surface area contributed by atoms with E-state index < -0.39 is 5.97 Å². The third kappa shape index (κ3) is 3.78. The Morgan fingerprint density at radius 3 is 2.86 bits per heavy atom. The van der Waals surface area contributed by atoms with Crippen LogP contribution >= 0.6 is 35.0 Å². The van der Waals surface area contributed by atoms with Crippen molar-refractivity contribution >= 4 is 40.9 Å². The second-order valence-electron chi connectivity index (χ2n) is 3.76. The van der Waals surface area contributed by atoms with E-state index in [-0.39, 0.29) is 28.0 Å². The van der Waals surface area contributed by atoms with E-state index in [4.69, 9.17) is 33.0 Å². The quantitative estimate of drug-likeness (QED) is 0.801. The van der Waals surface area contributed by atoms with Crippen molar-refractivity contribution in [1.29, 1.82) is 0 Å². The molecular weight excluding hydrogens is 339 g/mol. The Morgan fingerprint density at radius 1 is 1.48 bits per heavy atom. The van der Waals surface area contributed by atoms with Gasteiger partial charge in [-0.1, -0.05) is 35.0 Å². The largest absolute Gasteiger partial charge is 0.488 e. The number of halogens is 2. The summed E-state index contributed by atoms with van der Waals surface area (Å²) in [7, 11) is 0. The number of ether oxygens (including phenoxy) is 1. The second-order valence-corrected chi connectivity index (χ2v) is 5.32. The van der Waals surface area contributed by atoms with E-state index in [1.165, 1.54) is 28.7 Å². The molecule has 2 rings (SSSR count). The van der Waals surface area contributed by atoms with Gasteiger partial charge in [-0.25, -0.2) is 4.79 Å². The molecule has 1 heterocycles. The minimum absolute atomic E-state index is 0.0358. The molecule has 21 heavy (non-hydrogen) atoms. The zero-order valence-corrected chi connectivity index (χ0v) is 13.1. The van der Waals surface area contributed by atoms with Crippen LogP contribution in [0.15, 0.2) is 17.3 Å². The summed E-state index contributed by atoms with van der Waals surface area (Å²) in [5.74, 6) is -1.02. The van der Waals surface area contributed by atoms with Crippen molar-refractivity contribution in [3.8, 4) is 5.75 Å². The molecule has 0 spiro atoms. The van der Waals surface area contributed by atoms with Gasteiger partial charge in [-0.3, -0.25) is 0 Å². The standard InChI is InChI=1S/C11H10Cl2N4O3S/c1-21-11-14-16-17(15-11)4-5-20-9-7(12)3-2-6(8(9)13)10(18)19/h2-3H,4-5H2,1H3,(H,18,19). The molecule has 0 bridgehead atoms. The van der Waals surface area contributed by atoms with E-state index in [1.807, 2.05) is 6.26 Å². The summed E-state index contributed by atoms with van der Waals surface area (Å²) in [5.41, 5.74) is -0.0698. The minimum Gasteiger partial charge on any atom is -0.488 e. The maximum Gasteiger partial charge on any atom is 0.337 e. The smallest absolute Gasteiger partial charge is 0.337 e. The molecule has 0 aliphatic carbocycles. The number of aromatic carboxylic acids is 1. The van der Waals surface area contributed by atoms with Gasteiger partial charge < -0.3 is 9.84 Å². The summed E-state index contributed by atoms with van der Waals surface area (Å²) in [5, 5.41) is 21.4. The number of aromatic nitrogens is 4. The molecule has 0 radical (unpaired) electrons. The SMILES string of the molecule is CSc1nnn(CCOc2c(Cl)ccc(C(=O)O)c2Cl)n1. The molecule has 0 aliphatic rings. The van der Waals surface area contributed by atoms with Gasteiger partial charge in [-0.05, 0) is 23.6 Å². The van der Waals surface area contributed by atoms with Crippen LogP contribution in [0.1, 0.15) is 10.4 Å². The fourth-order valence-electron chi connectivity index (χ4n) is 1.46. The number of carboxylic acid groups (broad SMARTS) is 1. The van der Waals surface area contributed by atoms with Crippen molar-refractivity contribution in [1.82, 2.24) is 20.2 Å². The molecule has 0 amide bonds. The van der Waals surface area contributed by atoms with Crippen LogP contribution in [0.5, 0.6) is 5.75 Å². The molecule has 0 unspecified atom stereocenters. The summed E-state index contributed by atoms with van der Waals surface area (Å²) in [4.78, 5) is 12.4. The van der Waals surface area contributed by atoms with Gasteiger partial charge >= 0.3 is 5.97 Å². The van der Waals surface area contributed by atoms with Crippen molar-refractivity contribution in [2.75, 3.05) is 12.9 Å². The van der Waals surface area contributed by atoms with E-state index in [9.17, 15) is 4.79 Å². The first-order valence-corrected chi connectivity index (χ1v) is 7.67. The van der Waals surface area contributed by atoms with Gasteiger partial charge in [0.15, 0.2) is 5.75 Å². The van der Waals surface area contributed by atoms with Gasteiger partial charge in [0.2, 0.25) is 5.16 Å². The van der Waals surface area contributed by atoms with E-state index >= 15 is 0 Å². The van der Waals surface area contributed by atoms with Gasteiger partial charge in [-0.2, -0.15) is 4.80 Å². The van der Waals surface area contributed by atoms with E-state index in [2.05, 4.69) is 15.4 Å². The molecule has 0 saturated heterocycles. The first-order valence-electron chi connectivity index (χ1n) is 5.68. The molecule has 1 N–H and O–H groups in total. The highest BCUT2D eigenvalue weighted by Crippen LogP contribution is 2.35. The lowest BCUT2D eigenvalue weighted by atomic mass is 10.2. The molecule has 2 aromatic rings. The van der Waals surface area contributed by atoms with Crippen LogP contribution in [0.2, 0.25) is 10.0 Å². The average molecular weight is 349 g/mol. The minimum atomic E-state index is -1.15. The third-order valence-corrected chi connectivity index (χ3v) is 3.64. The van der Waals surface area contributed by atoms with Gasteiger partial charge in [0.25, 0.3) is 0 Å². The fraction of sp³-hybridized carbons (Fsp3) is 0.273. The number of carboxylic acids is 1. The Bertz CT molecular complexity index is 665. The van der Waals surface area contributed by atoms with E-state index in [1.54, 1.807) is 0 Å². The maximum atomic E-state index is 11.0. The summed E-state index contributed by atoms with van der Waals surface area (Å²) >= 11 is 13.3. The first kappa shape index (κ1) is 15.9. The molecule has 1 aromatic carbocycles. The lowest BCUT2D eigenvalue weighted by Crippen LogP contribution is -2.12. The first-order chi connectivity index (χ1) is 10.0. The normalized spacial score (nSPS) is 10.6. The van der Waals surface area contributed by atoms with Crippen LogP contribution in [0.3, 0.4) is 0 Å². The molecule has 0 fully saturated rings. The Kier molecular flexibility index (Phi) is 5.27. The topological polar surface area (TPSA) is 90.1 Å². The van der Waals surface area contributed by atoms with Crippen molar-refractivity contribution in [3.63, 3.8) is 0 Å². The summed E-state index contributed by atoms with van der Waals surface area (Å²) in [6, 6.07) is 2.75. The second kappa shape index (κ2) is 6.97. The number of hydrogen-bond acceptors (Lipinski definition) is 6. The van der Waals surface area contributed by atoms with Crippen molar-refractivity contribution in [2.45, 2.75) is 11.7 Å². The Morgan fingerprint density at radius 2 is 2.24 bits per heavy atom. The molecular formula is C11H10Cl2N4O3S. The van der Waals surface area contributed by atoms with Crippen molar-refractivity contribution in [3.05, 3.63) is 27.7 Å². The van der Waals surface area contributed by atoms with Crippen LogP contribution in [0, 0.1) is 0 Å². The highest BCUT2D eigenvalue weighted by atomic mass is 35.5. The lowest BCUT2D eigenvalue weighted by Gasteiger charge is -2.11. The molecule has 112 valence electrons. The molecule has 0 atom stereocenters. The predicted molar refractivity (Wildman–Crippen MR) is 78.5 cm³/mol. The van der Waals surface area contributed by atoms with Crippen LogP contribution in [-0.2, 0) is 6.54 Å². The zero-order chi connectivity index (χ0) is 15.4. The molecule has 0 aliphatic heterocycles. The molecule has 0 saturated carbocycles. The summed E-state index contributed by atoms with van der Waals surface area (Å²) in [6.45, 7) is 0.504. The Hall–Kier alpha value is -1.51. The van der Waals surface area contributed by atoms with Gasteiger partial charge in [0, 0.05) is 0 Å². The Labute approximate surface area is 134 Å². The number of thioether (sulfide) groups is 1. The average Bonchev–Trinajstić information content (AvgIpc) is 2.90. The van der Waals surface area contributed by atoms with Crippen LogP contribution in [0.25, 0.3) is 0 Å². The summed E-state index contributed by atoms with van der Waals surface area (Å²) < 4.78 is 5.44. The number of hydrogen-bond donors (Lipinski definition) is 1. The van der Waals surface area contributed by atoms with Crippen LogP contribution < -0.4 is 4.74 Å². The number of tetrazole rings is 1. The van der Waals surface area contributed by atoms with Crippen LogP contribution in [0.4, 0.5) is 0 Å². The fourth-order valence-corrected chi connectivity index (χ4v) is 2.32. The van der Waals surface area contributed by atoms with E-state index in [0.717, 1.165) is 0 Å². The highest BCUT2D eigenvalue weighted by Gasteiger charge is 2.16. The van der Waals surface area contributed by atoms with Gasteiger partial charge in [0.1, 0.15) is 6.61 Å². The summed E-state index contributed by atoms with van der Waals surface area (Å²) in [6.07, 6.45) is 1.84. The predicted octanol–water partition coefficient (Wildman–Crippen LogP) is 2.48. The van der Waals surface area contributed by atoms with Gasteiger partial charge in [0.05, 0.1) is 22.2 Å².